The molecular formula is C28H33N3O3. The monoisotopic (exact) mass is 459 g/mol. The number of likely N-dealkylation sites (tertiary alicyclic amines) is 1. The number of fused-ring (bicyclic) bond motifs is 1. The minimum absolute atomic E-state index is 0.0550. The van der Waals surface area contributed by atoms with Crippen molar-refractivity contribution in [2.45, 2.75) is 52.1 Å². The van der Waals surface area contributed by atoms with Gasteiger partial charge in [-0.05, 0) is 37.3 Å². The Hall–Kier alpha value is -3.41. The second-order valence-electron chi connectivity index (χ2n) is 9.02. The van der Waals surface area contributed by atoms with Gasteiger partial charge in [-0.3, -0.25) is 14.4 Å². The van der Waals surface area contributed by atoms with Crippen LogP contribution in [0.4, 0.5) is 0 Å². The first-order valence-electron chi connectivity index (χ1n) is 12.3. The van der Waals surface area contributed by atoms with Gasteiger partial charge in [-0.1, -0.05) is 61.9 Å². The number of unbranched alkanes of at least 4 members (excludes halogenated alkanes) is 1. The van der Waals surface area contributed by atoms with Gasteiger partial charge in [0.15, 0.2) is 0 Å². The molecule has 6 nitrogen and oxygen atoms in total. The summed E-state index contributed by atoms with van der Waals surface area (Å²) < 4.78 is 1.82. The fourth-order valence-corrected chi connectivity index (χ4v) is 4.61. The lowest BCUT2D eigenvalue weighted by Crippen LogP contribution is -2.37. The zero-order chi connectivity index (χ0) is 23.9. The molecule has 0 spiro atoms. The highest BCUT2D eigenvalue weighted by atomic mass is 16.2. The number of hydrogen-bond acceptors (Lipinski definition) is 3. The minimum atomic E-state index is -0.521. The minimum Gasteiger partial charge on any atom is -0.341 e. The van der Waals surface area contributed by atoms with Crippen LogP contribution in [0.2, 0.25) is 0 Å². The van der Waals surface area contributed by atoms with Gasteiger partial charge in [0.1, 0.15) is 6.54 Å². The quantitative estimate of drug-likeness (QED) is 0.345. The van der Waals surface area contributed by atoms with Crippen molar-refractivity contribution in [3.8, 4) is 0 Å². The lowest BCUT2D eigenvalue weighted by Gasteiger charge is -2.27. The normalized spacial score (nSPS) is 13.7. The molecule has 0 saturated carbocycles. The van der Waals surface area contributed by atoms with Gasteiger partial charge < -0.3 is 14.4 Å². The highest BCUT2D eigenvalue weighted by Crippen LogP contribution is 2.23. The Bertz CT molecular complexity index is 1150. The van der Waals surface area contributed by atoms with Crippen LogP contribution in [0.5, 0.6) is 0 Å². The molecule has 1 saturated heterocycles. The van der Waals surface area contributed by atoms with E-state index in [1.54, 1.807) is 11.1 Å². The number of piperidine rings is 1. The molecular weight excluding hydrogens is 426 g/mol. The summed E-state index contributed by atoms with van der Waals surface area (Å²) in [6.07, 6.45) is 6.68. The fourth-order valence-electron chi connectivity index (χ4n) is 4.61. The number of amides is 2. The van der Waals surface area contributed by atoms with E-state index in [-0.39, 0.29) is 12.5 Å². The molecule has 34 heavy (non-hydrogen) atoms. The molecule has 0 atom stereocenters. The van der Waals surface area contributed by atoms with E-state index in [9.17, 15) is 14.4 Å². The summed E-state index contributed by atoms with van der Waals surface area (Å²) in [7, 11) is 0. The average Bonchev–Trinajstić information content (AvgIpc) is 3.25. The lowest BCUT2D eigenvalue weighted by atomic mass is 10.1. The largest absolute Gasteiger partial charge is 0.341 e. The van der Waals surface area contributed by atoms with Crippen LogP contribution < -0.4 is 0 Å². The van der Waals surface area contributed by atoms with Crippen LogP contribution in [0.25, 0.3) is 10.9 Å². The van der Waals surface area contributed by atoms with Crippen molar-refractivity contribution in [2.75, 3.05) is 19.6 Å². The highest BCUT2D eigenvalue weighted by molar-refractivity contribution is 6.44. The van der Waals surface area contributed by atoms with Crippen LogP contribution in [0.15, 0.2) is 60.8 Å². The van der Waals surface area contributed by atoms with Crippen molar-refractivity contribution in [3.63, 3.8) is 0 Å². The smallest absolute Gasteiger partial charge is 0.295 e. The van der Waals surface area contributed by atoms with E-state index in [0.717, 1.165) is 56.3 Å². The number of rotatable bonds is 9. The highest BCUT2D eigenvalue weighted by Gasteiger charge is 2.27. The molecule has 2 heterocycles. The summed E-state index contributed by atoms with van der Waals surface area (Å²) in [4.78, 5) is 43.3. The number of nitrogens with zero attached hydrogens (tertiary/aromatic N) is 3. The Balaban J connectivity index is 1.59. The Morgan fingerprint density at radius 3 is 2.35 bits per heavy atom. The van der Waals surface area contributed by atoms with E-state index in [4.69, 9.17) is 0 Å². The van der Waals surface area contributed by atoms with Crippen molar-refractivity contribution in [3.05, 3.63) is 71.9 Å². The maximum absolute atomic E-state index is 13.5. The molecule has 0 radical (unpaired) electrons. The lowest BCUT2D eigenvalue weighted by molar-refractivity contribution is -0.132. The Kier molecular flexibility index (Phi) is 7.78. The van der Waals surface area contributed by atoms with Crippen LogP contribution in [0.3, 0.4) is 0 Å². The first-order valence-corrected chi connectivity index (χ1v) is 12.3. The van der Waals surface area contributed by atoms with Gasteiger partial charge in [-0.2, -0.15) is 0 Å². The third kappa shape index (κ3) is 5.38. The molecule has 1 fully saturated rings. The number of benzene rings is 2. The number of para-hydroxylation sites is 1. The van der Waals surface area contributed by atoms with E-state index in [2.05, 4.69) is 6.92 Å². The molecule has 2 amide bonds. The molecule has 178 valence electrons. The van der Waals surface area contributed by atoms with Gasteiger partial charge in [0.2, 0.25) is 5.91 Å². The Morgan fingerprint density at radius 2 is 1.62 bits per heavy atom. The van der Waals surface area contributed by atoms with Crippen molar-refractivity contribution in [1.29, 1.82) is 0 Å². The SMILES string of the molecule is CCCCN(Cc1ccccc1)C(=O)C(=O)c1cn(CC(=O)N2CCCCC2)c2ccccc12. The van der Waals surface area contributed by atoms with Gasteiger partial charge in [-0.15, -0.1) is 0 Å². The maximum Gasteiger partial charge on any atom is 0.295 e. The van der Waals surface area contributed by atoms with Gasteiger partial charge in [0.05, 0.1) is 5.56 Å². The Labute approximate surface area is 201 Å². The topological polar surface area (TPSA) is 62.6 Å². The molecule has 0 bridgehead atoms. The summed E-state index contributed by atoms with van der Waals surface area (Å²) in [5, 5.41) is 0.711. The number of ketones is 1. The van der Waals surface area contributed by atoms with Gasteiger partial charge in [-0.25, -0.2) is 0 Å². The van der Waals surface area contributed by atoms with Crippen molar-refractivity contribution in [2.24, 2.45) is 0 Å². The molecule has 0 unspecified atom stereocenters. The van der Waals surface area contributed by atoms with E-state index in [1.807, 2.05) is 64.1 Å². The summed E-state index contributed by atoms with van der Waals surface area (Å²) in [6.45, 7) is 4.74. The van der Waals surface area contributed by atoms with E-state index < -0.39 is 11.7 Å². The van der Waals surface area contributed by atoms with Crippen LogP contribution in [-0.4, -0.2) is 51.6 Å². The third-order valence-corrected chi connectivity index (χ3v) is 6.53. The number of carbonyl (C=O) groups excluding carboxylic acids is 3. The molecule has 2 aromatic carbocycles. The summed E-state index contributed by atoms with van der Waals surface area (Å²) in [6, 6.07) is 17.3. The predicted molar refractivity (Wildman–Crippen MR) is 133 cm³/mol. The van der Waals surface area contributed by atoms with E-state index in [0.29, 0.717) is 24.0 Å². The molecule has 0 aliphatic carbocycles. The Morgan fingerprint density at radius 1 is 0.912 bits per heavy atom. The summed E-state index contributed by atoms with van der Waals surface area (Å²) >= 11 is 0. The van der Waals surface area contributed by atoms with Crippen LogP contribution in [-0.2, 0) is 22.7 Å². The molecule has 4 rings (SSSR count). The van der Waals surface area contributed by atoms with Gasteiger partial charge >= 0.3 is 0 Å². The maximum atomic E-state index is 13.5. The molecule has 1 aromatic heterocycles. The zero-order valence-electron chi connectivity index (χ0n) is 19.9. The number of aromatic nitrogens is 1. The summed E-state index contributed by atoms with van der Waals surface area (Å²) in [5.74, 6) is -0.964. The molecule has 3 aromatic rings. The predicted octanol–water partition coefficient (Wildman–Crippen LogP) is 4.67. The second-order valence-corrected chi connectivity index (χ2v) is 9.02. The third-order valence-electron chi connectivity index (χ3n) is 6.53. The molecule has 1 aliphatic rings. The van der Waals surface area contributed by atoms with E-state index in [1.165, 1.54) is 0 Å². The molecule has 1 aliphatic heterocycles. The molecule has 0 N–H and O–H groups in total. The average molecular weight is 460 g/mol. The first-order chi connectivity index (χ1) is 16.6. The standard InChI is InChI=1S/C28H33N3O3/c1-2-3-16-30(19-22-12-6-4-7-13-22)28(34)27(33)24-20-31(25-15-9-8-14-23(24)25)21-26(32)29-17-10-5-11-18-29/h4,6-9,12-15,20H,2-3,5,10-11,16-19,21H2,1H3. The zero-order valence-corrected chi connectivity index (χ0v) is 19.9. The van der Waals surface area contributed by atoms with Crippen LogP contribution in [0, 0.1) is 0 Å². The number of Topliss-reactive ketones (excluding diaryl/α,β-unsaturated/α-hetero) is 1. The second kappa shape index (κ2) is 11.1. The van der Waals surface area contributed by atoms with Crippen LogP contribution in [0.1, 0.15) is 54.9 Å². The molecule has 6 heteroatoms. The van der Waals surface area contributed by atoms with Crippen molar-refractivity contribution < 1.29 is 14.4 Å². The van der Waals surface area contributed by atoms with E-state index >= 15 is 0 Å². The van der Waals surface area contributed by atoms with Crippen molar-refractivity contribution in [1.82, 2.24) is 14.4 Å². The fraction of sp³-hybridized carbons (Fsp3) is 0.393. The number of carbonyl (C=O) groups is 3. The van der Waals surface area contributed by atoms with Crippen molar-refractivity contribution >= 4 is 28.5 Å². The first kappa shape index (κ1) is 23.7. The van der Waals surface area contributed by atoms with Gasteiger partial charge in [0, 0.05) is 43.3 Å². The summed E-state index contributed by atoms with van der Waals surface area (Å²) in [5.41, 5.74) is 2.16. The van der Waals surface area contributed by atoms with Gasteiger partial charge in [0.25, 0.3) is 11.7 Å². The number of hydrogen-bond donors (Lipinski definition) is 0. The van der Waals surface area contributed by atoms with Crippen LogP contribution >= 0.6 is 0 Å².